The lowest BCUT2D eigenvalue weighted by Gasteiger charge is -2.14. The van der Waals surface area contributed by atoms with Crippen molar-refractivity contribution in [2.75, 3.05) is 253 Å². The van der Waals surface area contributed by atoms with Crippen LogP contribution in [0.4, 0.5) is 0 Å². The van der Waals surface area contributed by atoms with Crippen LogP contribution in [0.15, 0.2) is 82.8 Å². The van der Waals surface area contributed by atoms with Gasteiger partial charge in [-0.05, 0) is 47.5 Å². The van der Waals surface area contributed by atoms with Crippen molar-refractivity contribution < 1.29 is 105 Å². The Morgan fingerprint density at radius 2 is 0.534 bits per heavy atom. The normalized spacial score (nSPS) is 11.6. The molecular weight excluding hydrogens is 1150 g/mol. The van der Waals surface area contributed by atoms with Crippen molar-refractivity contribution in [3.63, 3.8) is 0 Å². The largest absolute Gasteiger partial charge is 0.504 e. The van der Waals surface area contributed by atoms with Crippen LogP contribution in [-0.4, -0.2) is 276 Å². The maximum Gasteiger partial charge on any atom is 0.166 e. The van der Waals surface area contributed by atoms with E-state index in [4.69, 9.17) is 94.7 Å². The maximum absolute atomic E-state index is 11.1. The molecule has 0 spiro atoms. The molecule has 0 amide bonds. The lowest BCUT2D eigenvalue weighted by Crippen LogP contribution is -2.15. The zero-order valence-electron chi connectivity index (χ0n) is 52.1. The molecule has 0 aliphatic heterocycles. The number of ether oxygens (including phenoxy) is 20. The summed E-state index contributed by atoms with van der Waals surface area (Å²) in [6, 6.07) is 22.4. The molecule has 0 saturated carbocycles. The van der Waals surface area contributed by atoms with Gasteiger partial charge in [0.1, 0.15) is 24.7 Å². The Kier molecular flexibility index (Phi) is 44.4. The van der Waals surface area contributed by atoms with Crippen LogP contribution in [0.25, 0.3) is 22.3 Å². The molecule has 0 fully saturated rings. The van der Waals surface area contributed by atoms with E-state index in [2.05, 4.69) is 9.98 Å². The molecule has 0 aromatic heterocycles. The lowest BCUT2D eigenvalue weighted by molar-refractivity contribution is -0.0227. The second-order valence-electron chi connectivity index (χ2n) is 18.6. The number of phenolic OH excluding ortho intramolecular Hbond substituents is 2. The van der Waals surface area contributed by atoms with E-state index in [-0.39, 0.29) is 36.1 Å². The summed E-state index contributed by atoms with van der Waals surface area (Å²) in [5.41, 5.74) is 4.01. The van der Waals surface area contributed by atoms with Gasteiger partial charge in [0.15, 0.2) is 23.0 Å². The Morgan fingerprint density at radius 1 is 0.295 bits per heavy atom. The fourth-order valence-corrected chi connectivity index (χ4v) is 7.73. The van der Waals surface area contributed by atoms with Gasteiger partial charge in [0.2, 0.25) is 0 Å². The summed E-state index contributed by atoms with van der Waals surface area (Å²) in [7, 11) is 6.27. The van der Waals surface area contributed by atoms with Crippen LogP contribution in [0.2, 0.25) is 0 Å². The molecule has 0 saturated heterocycles. The van der Waals surface area contributed by atoms with Crippen molar-refractivity contribution >= 4 is 12.4 Å². The summed E-state index contributed by atoms with van der Waals surface area (Å²) < 4.78 is 111. The van der Waals surface area contributed by atoms with Gasteiger partial charge in [-0.3, -0.25) is 9.98 Å². The van der Waals surface area contributed by atoms with Crippen molar-refractivity contribution in [2.24, 2.45) is 9.98 Å². The minimum atomic E-state index is -0.0543. The Bertz CT molecular complexity index is 2240. The van der Waals surface area contributed by atoms with Crippen LogP contribution in [-0.2, 0) is 75.8 Å². The summed E-state index contributed by atoms with van der Waals surface area (Å²) in [6.45, 7) is 15.5. The topological polar surface area (TPSA) is 250 Å². The fraction of sp³-hybridized carbons (Fsp3) is 0.594. The van der Waals surface area contributed by atoms with Crippen molar-refractivity contribution in [1.82, 2.24) is 0 Å². The zero-order chi connectivity index (χ0) is 62.4. The van der Waals surface area contributed by atoms with Gasteiger partial charge >= 0.3 is 0 Å². The molecule has 4 aromatic carbocycles. The highest BCUT2D eigenvalue weighted by molar-refractivity contribution is 5.90. The average molecular weight is 1250 g/mol. The number of hydrogen-bond donors (Lipinski definition) is 2. The first-order valence-electron chi connectivity index (χ1n) is 29.8. The van der Waals surface area contributed by atoms with E-state index in [0.717, 1.165) is 22.3 Å². The first kappa shape index (κ1) is 74.8. The predicted octanol–water partition coefficient (Wildman–Crippen LogP) is 6.27. The van der Waals surface area contributed by atoms with E-state index in [9.17, 15) is 10.2 Å². The molecule has 0 heterocycles. The van der Waals surface area contributed by atoms with Crippen molar-refractivity contribution in [1.29, 1.82) is 0 Å². The highest BCUT2D eigenvalue weighted by Gasteiger charge is 2.16. The first-order chi connectivity index (χ1) is 43.5. The molecule has 4 aromatic rings. The highest BCUT2D eigenvalue weighted by atomic mass is 16.6. The SMILES string of the molecule is COCCOCCOCCOCCOCCOCCOCCOCCOc1ccccc1-c1cc(C=NCCN=Cc2cc(-c3ccccc3OCCOCCOCCOCCOCCOCCOCCOCCOC)cc(OC)c2O)c(O)c(OC)c1. The summed E-state index contributed by atoms with van der Waals surface area (Å²) in [4.78, 5) is 9.11. The number of rotatable bonds is 59. The minimum absolute atomic E-state index is 0.0543. The van der Waals surface area contributed by atoms with E-state index in [1.165, 1.54) is 14.2 Å². The van der Waals surface area contributed by atoms with Crippen LogP contribution in [0.1, 0.15) is 11.1 Å². The van der Waals surface area contributed by atoms with Gasteiger partial charge < -0.3 is 105 Å². The molecule has 0 atom stereocenters. The third kappa shape index (κ3) is 34.4. The average Bonchev–Trinajstić information content (AvgIpc) is 2.49. The summed E-state index contributed by atoms with van der Waals surface area (Å²) in [5, 5.41) is 22.2. The van der Waals surface area contributed by atoms with Gasteiger partial charge in [-0.1, -0.05) is 36.4 Å². The number of methoxy groups -OCH3 is 4. The molecular formula is C64H96N2O22. The quantitative estimate of drug-likeness (QED) is 0.0365. The molecule has 0 radical (unpaired) electrons. The third-order valence-corrected chi connectivity index (χ3v) is 12.2. The summed E-state index contributed by atoms with van der Waals surface area (Å²) >= 11 is 0. The van der Waals surface area contributed by atoms with Crippen LogP contribution >= 0.6 is 0 Å². The number of nitrogens with zero attached hydrogens (tertiary/aromatic N) is 2. The fourth-order valence-electron chi connectivity index (χ4n) is 7.73. The molecule has 4 rings (SSSR count). The lowest BCUT2D eigenvalue weighted by atomic mass is 10.0. The first-order valence-corrected chi connectivity index (χ1v) is 29.8. The van der Waals surface area contributed by atoms with Gasteiger partial charge in [-0.2, -0.15) is 0 Å². The molecule has 494 valence electrons. The number of phenols is 2. The third-order valence-electron chi connectivity index (χ3n) is 12.2. The van der Waals surface area contributed by atoms with E-state index in [1.807, 2.05) is 60.7 Å². The minimum Gasteiger partial charge on any atom is -0.504 e. The molecule has 0 unspecified atom stereocenters. The smallest absolute Gasteiger partial charge is 0.166 e. The van der Waals surface area contributed by atoms with Crippen molar-refractivity contribution in [3.05, 3.63) is 83.9 Å². The van der Waals surface area contributed by atoms with E-state index in [1.54, 1.807) is 38.8 Å². The van der Waals surface area contributed by atoms with Crippen LogP contribution in [0.5, 0.6) is 34.5 Å². The Balaban J connectivity index is 1.09. The molecule has 0 aliphatic rings. The zero-order valence-corrected chi connectivity index (χ0v) is 52.1. The number of aliphatic imine (C=N–C) groups is 2. The van der Waals surface area contributed by atoms with Gasteiger partial charge in [0.25, 0.3) is 0 Å². The van der Waals surface area contributed by atoms with E-state index < -0.39 is 0 Å². The molecule has 0 bridgehead atoms. The Morgan fingerprint density at radius 3 is 0.784 bits per heavy atom. The number of aromatic hydroxyl groups is 2. The van der Waals surface area contributed by atoms with Gasteiger partial charge in [-0.25, -0.2) is 0 Å². The van der Waals surface area contributed by atoms with Crippen LogP contribution < -0.4 is 18.9 Å². The van der Waals surface area contributed by atoms with E-state index in [0.29, 0.717) is 234 Å². The number of para-hydroxylation sites is 2. The molecule has 24 heteroatoms. The van der Waals surface area contributed by atoms with Crippen LogP contribution in [0, 0.1) is 0 Å². The van der Waals surface area contributed by atoms with Crippen LogP contribution in [0.3, 0.4) is 0 Å². The van der Waals surface area contributed by atoms with Gasteiger partial charge in [0, 0.05) is 48.9 Å². The summed E-state index contributed by atoms with van der Waals surface area (Å²) in [6.07, 6.45) is 3.16. The second kappa shape index (κ2) is 52.2. The van der Waals surface area contributed by atoms with Gasteiger partial charge in [-0.15, -0.1) is 0 Å². The number of benzene rings is 4. The highest BCUT2D eigenvalue weighted by Crippen LogP contribution is 2.39. The second-order valence-corrected chi connectivity index (χ2v) is 18.6. The maximum atomic E-state index is 11.1. The molecule has 2 N–H and O–H groups in total. The Hall–Kier alpha value is -5.62. The molecule has 0 aliphatic carbocycles. The number of hydrogen-bond acceptors (Lipinski definition) is 24. The van der Waals surface area contributed by atoms with E-state index >= 15 is 0 Å². The Labute approximate surface area is 519 Å². The van der Waals surface area contributed by atoms with Gasteiger partial charge in [0.05, 0.1) is 226 Å². The summed E-state index contributed by atoms with van der Waals surface area (Å²) in [5.74, 6) is 1.72. The molecule has 88 heavy (non-hydrogen) atoms. The predicted molar refractivity (Wildman–Crippen MR) is 331 cm³/mol. The standard InChI is InChI=1S/C64H96N2O22/c1-69-15-17-73-19-21-75-23-25-77-27-29-79-31-33-81-35-37-83-39-41-85-43-45-87-59-11-7-5-9-57(59)53-47-55(63(67)61(49-53)71-3)51-65-13-14-66-52-56-48-54(50-62(72-4)64(56)68)58-10-6-8-12-60(58)88-46-44-86-42-40-84-38-36-82-34-32-80-30-28-78-26-24-76-22-20-74-18-16-70-2/h5-12,47-52,67-68H,13-46H2,1-4H3. The monoisotopic (exact) mass is 1240 g/mol. The molecule has 24 nitrogen and oxygen atoms in total. The van der Waals surface area contributed by atoms with Crippen molar-refractivity contribution in [2.45, 2.75) is 0 Å². The van der Waals surface area contributed by atoms with Crippen molar-refractivity contribution in [3.8, 4) is 56.8 Å².